The van der Waals surface area contributed by atoms with Crippen LogP contribution in [-0.4, -0.2) is 15.8 Å². The quantitative estimate of drug-likeness (QED) is 0.621. The van der Waals surface area contributed by atoms with Gasteiger partial charge in [-0.05, 0) is 12.1 Å². The molecule has 2 nitrogen and oxygen atoms in total. The van der Waals surface area contributed by atoms with Crippen LogP contribution in [0, 0.1) is 0 Å². The molecule has 0 radical (unpaired) electrons. The maximum atomic E-state index is 10.3. The Kier molecular flexibility index (Phi) is 4.12. The lowest BCUT2D eigenvalue weighted by Crippen LogP contribution is -2.02. The van der Waals surface area contributed by atoms with Crippen LogP contribution >= 0.6 is 23.4 Å². The normalized spacial score (nSPS) is 12.4. The summed E-state index contributed by atoms with van der Waals surface area (Å²) < 4.78 is -0.403. The van der Waals surface area contributed by atoms with Gasteiger partial charge in [-0.2, -0.15) is 0 Å². The standard InChI is InChI=1S/C9H9ClO2S/c10-8(6-9(11)12)13-7-4-2-1-3-5-7/h1-5,8H,6H2,(H,11,12). The average Bonchev–Trinajstić information content (AvgIpc) is 2.04. The number of carbonyl (C=O) groups is 1. The Hall–Kier alpha value is -0.670. The second-order valence-corrected chi connectivity index (χ2v) is 4.50. The van der Waals surface area contributed by atoms with Gasteiger partial charge in [0.15, 0.2) is 0 Å². The molecule has 1 atom stereocenters. The van der Waals surface area contributed by atoms with Crippen molar-refractivity contribution in [1.82, 2.24) is 0 Å². The van der Waals surface area contributed by atoms with E-state index >= 15 is 0 Å². The first-order valence-electron chi connectivity index (χ1n) is 3.76. The Morgan fingerprint density at radius 1 is 1.46 bits per heavy atom. The monoisotopic (exact) mass is 216 g/mol. The van der Waals surface area contributed by atoms with Gasteiger partial charge in [-0.15, -0.1) is 23.4 Å². The molecular weight excluding hydrogens is 208 g/mol. The summed E-state index contributed by atoms with van der Waals surface area (Å²) in [5, 5.41) is 8.46. The largest absolute Gasteiger partial charge is 0.481 e. The highest BCUT2D eigenvalue weighted by Gasteiger charge is 2.10. The van der Waals surface area contributed by atoms with Crippen LogP contribution in [0.5, 0.6) is 0 Å². The maximum Gasteiger partial charge on any atom is 0.305 e. The van der Waals surface area contributed by atoms with E-state index in [-0.39, 0.29) is 6.42 Å². The zero-order valence-electron chi connectivity index (χ0n) is 6.81. The molecule has 0 saturated carbocycles. The topological polar surface area (TPSA) is 37.3 Å². The van der Waals surface area contributed by atoms with E-state index < -0.39 is 10.7 Å². The smallest absolute Gasteiger partial charge is 0.305 e. The number of alkyl halides is 1. The maximum absolute atomic E-state index is 10.3. The van der Waals surface area contributed by atoms with Crippen molar-refractivity contribution < 1.29 is 9.90 Å². The predicted octanol–water partition coefficient (Wildman–Crippen LogP) is 2.82. The lowest BCUT2D eigenvalue weighted by Gasteiger charge is -2.05. The van der Waals surface area contributed by atoms with Crippen LogP contribution in [-0.2, 0) is 4.79 Å². The van der Waals surface area contributed by atoms with Gasteiger partial charge in [0, 0.05) is 4.90 Å². The fourth-order valence-electron chi connectivity index (χ4n) is 0.826. The number of halogens is 1. The molecule has 0 aliphatic rings. The van der Waals surface area contributed by atoms with Crippen LogP contribution in [0.25, 0.3) is 0 Å². The fourth-order valence-corrected chi connectivity index (χ4v) is 2.10. The SMILES string of the molecule is O=C(O)CC(Cl)Sc1ccccc1. The Bertz CT molecular complexity index is 276. The van der Waals surface area contributed by atoms with Crippen LogP contribution in [0.15, 0.2) is 35.2 Å². The molecule has 1 aromatic rings. The third kappa shape index (κ3) is 4.20. The van der Waals surface area contributed by atoms with Gasteiger partial charge in [-0.25, -0.2) is 0 Å². The molecule has 0 heterocycles. The van der Waals surface area contributed by atoms with Gasteiger partial charge >= 0.3 is 5.97 Å². The van der Waals surface area contributed by atoms with Crippen molar-refractivity contribution in [3.8, 4) is 0 Å². The molecule has 0 aliphatic carbocycles. The number of aliphatic carboxylic acids is 1. The first kappa shape index (κ1) is 10.4. The predicted molar refractivity (Wildman–Crippen MR) is 54.2 cm³/mol. The molecule has 0 bridgehead atoms. The number of carboxylic acids is 1. The number of hydrogen-bond acceptors (Lipinski definition) is 2. The van der Waals surface area contributed by atoms with E-state index in [1.807, 2.05) is 30.3 Å². The number of benzene rings is 1. The third-order valence-corrected chi connectivity index (χ3v) is 2.73. The first-order valence-corrected chi connectivity index (χ1v) is 5.07. The molecule has 0 aliphatic heterocycles. The van der Waals surface area contributed by atoms with Gasteiger partial charge in [-0.1, -0.05) is 18.2 Å². The number of carboxylic acid groups (broad SMARTS) is 1. The average molecular weight is 217 g/mol. The number of thioether (sulfide) groups is 1. The van der Waals surface area contributed by atoms with E-state index in [2.05, 4.69) is 0 Å². The minimum atomic E-state index is -0.872. The van der Waals surface area contributed by atoms with Gasteiger partial charge in [0.05, 0.1) is 11.1 Å². The van der Waals surface area contributed by atoms with Crippen LogP contribution < -0.4 is 0 Å². The molecule has 0 spiro atoms. The van der Waals surface area contributed by atoms with E-state index in [4.69, 9.17) is 16.7 Å². The molecule has 1 aromatic carbocycles. The van der Waals surface area contributed by atoms with Gasteiger partial charge in [0.1, 0.15) is 0 Å². The molecule has 0 fully saturated rings. The van der Waals surface area contributed by atoms with E-state index in [9.17, 15) is 4.79 Å². The first-order chi connectivity index (χ1) is 6.18. The molecule has 0 aromatic heterocycles. The number of rotatable bonds is 4. The molecule has 1 rings (SSSR count). The van der Waals surface area contributed by atoms with E-state index in [1.165, 1.54) is 11.8 Å². The highest BCUT2D eigenvalue weighted by atomic mass is 35.5. The lowest BCUT2D eigenvalue weighted by molar-refractivity contribution is -0.136. The Morgan fingerprint density at radius 2 is 2.08 bits per heavy atom. The van der Waals surface area contributed by atoms with E-state index in [0.717, 1.165) is 4.90 Å². The Morgan fingerprint density at radius 3 is 2.62 bits per heavy atom. The zero-order valence-corrected chi connectivity index (χ0v) is 8.39. The highest BCUT2D eigenvalue weighted by molar-refractivity contribution is 8.01. The summed E-state index contributed by atoms with van der Waals surface area (Å²) in [5.74, 6) is -0.872. The molecule has 70 valence electrons. The third-order valence-electron chi connectivity index (χ3n) is 1.34. The zero-order chi connectivity index (χ0) is 9.68. The van der Waals surface area contributed by atoms with E-state index in [1.54, 1.807) is 0 Å². The molecule has 0 amide bonds. The van der Waals surface area contributed by atoms with Gasteiger partial charge < -0.3 is 5.11 Å². The van der Waals surface area contributed by atoms with Crippen molar-refractivity contribution >= 4 is 29.3 Å². The summed E-state index contributed by atoms with van der Waals surface area (Å²) in [6.07, 6.45) is -0.0267. The summed E-state index contributed by atoms with van der Waals surface area (Å²) >= 11 is 7.15. The van der Waals surface area contributed by atoms with E-state index in [0.29, 0.717) is 0 Å². The molecule has 1 unspecified atom stereocenters. The molecule has 0 saturated heterocycles. The Labute approximate surface area is 85.9 Å². The van der Waals surface area contributed by atoms with Crippen molar-refractivity contribution in [2.45, 2.75) is 16.0 Å². The second-order valence-electron chi connectivity index (χ2n) is 2.44. The van der Waals surface area contributed by atoms with Crippen LogP contribution in [0.1, 0.15) is 6.42 Å². The van der Waals surface area contributed by atoms with Crippen molar-refractivity contribution in [3.05, 3.63) is 30.3 Å². The molecule has 13 heavy (non-hydrogen) atoms. The summed E-state index contributed by atoms with van der Waals surface area (Å²) in [7, 11) is 0. The van der Waals surface area contributed by atoms with Crippen molar-refractivity contribution in [1.29, 1.82) is 0 Å². The van der Waals surface area contributed by atoms with Crippen molar-refractivity contribution in [2.24, 2.45) is 0 Å². The minimum absolute atomic E-state index is 0.0267. The molecular formula is C9H9ClO2S. The number of hydrogen-bond donors (Lipinski definition) is 1. The fraction of sp³-hybridized carbons (Fsp3) is 0.222. The summed E-state index contributed by atoms with van der Waals surface area (Å²) in [5.41, 5.74) is 0. The van der Waals surface area contributed by atoms with Crippen LogP contribution in [0.3, 0.4) is 0 Å². The van der Waals surface area contributed by atoms with Crippen LogP contribution in [0.2, 0.25) is 0 Å². The minimum Gasteiger partial charge on any atom is -0.481 e. The van der Waals surface area contributed by atoms with Gasteiger partial charge in [-0.3, -0.25) is 4.79 Å². The summed E-state index contributed by atoms with van der Waals surface area (Å²) in [4.78, 5) is 11.3. The van der Waals surface area contributed by atoms with Crippen molar-refractivity contribution in [3.63, 3.8) is 0 Å². The van der Waals surface area contributed by atoms with Gasteiger partial charge in [0.2, 0.25) is 0 Å². The van der Waals surface area contributed by atoms with Crippen molar-refractivity contribution in [2.75, 3.05) is 0 Å². The molecule has 4 heteroatoms. The van der Waals surface area contributed by atoms with Crippen LogP contribution in [0.4, 0.5) is 0 Å². The summed E-state index contributed by atoms with van der Waals surface area (Å²) in [6.45, 7) is 0. The van der Waals surface area contributed by atoms with Gasteiger partial charge in [0.25, 0.3) is 0 Å². The second kappa shape index (κ2) is 5.14. The Balaban J connectivity index is 2.45. The molecule has 1 N–H and O–H groups in total. The lowest BCUT2D eigenvalue weighted by atomic mass is 10.4. The highest BCUT2D eigenvalue weighted by Crippen LogP contribution is 2.27. The summed E-state index contributed by atoms with van der Waals surface area (Å²) in [6, 6.07) is 9.51.